The van der Waals surface area contributed by atoms with E-state index in [2.05, 4.69) is 0 Å². The highest BCUT2D eigenvalue weighted by molar-refractivity contribution is 7.84. The number of hydrogen-bond donors (Lipinski definition) is 1. The van der Waals surface area contributed by atoms with Crippen LogP contribution in [0.3, 0.4) is 0 Å². The normalized spacial score (nSPS) is 21.0. The largest absolute Gasteiger partial charge is 0.497 e. The van der Waals surface area contributed by atoms with E-state index in [-0.39, 0.29) is 18.8 Å². The quantitative estimate of drug-likeness (QED) is 0.868. The smallest absolute Gasteiger partial charge is 0.117 e. The first-order valence-electron chi connectivity index (χ1n) is 8.07. The van der Waals surface area contributed by atoms with E-state index >= 15 is 0 Å². The van der Waals surface area contributed by atoms with Gasteiger partial charge in [0, 0.05) is 6.54 Å². The predicted octanol–water partition coefficient (Wildman–Crippen LogP) is 3.00. The molecule has 0 bridgehead atoms. The molecule has 5 heteroatoms. The summed E-state index contributed by atoms with van der Waals surface area (Å²) < 4.78 is 20.3. The van der Waals surface area contributed by atoms with E-state index in [4.69, 9.17) is 4.74 Å². The third-order valence-electron chi connectivity index (χ3n) is 3.87. The molecule has 128 valence electrons. The van der Waals surface area contributed by atoms with Gasteiger partial charge in [-0.2, -0.15) is 0 Å². The van der Waals surface area contributed by atoms with Gasteiger partial charge in [0.2, 0.25) is 0 Å². The SMILES string of the molecule is CC(C)(C)[S@](=O)N(Cc1ccccc1)[C@@H](CO)[C@@H]1CCC=CO1. The molecule has 3 atom stereocenters. The molecule has 0 fully saturated rings. The fourth-order valence-electron chi connectivity index (χ4n) is 2.64. The van der Waals surface area contributed by atoms with E-state index in [1.807, 2.05) is 61.5 Å². The van der Waals surface area contributed by atoms with Crippen LogP contribution in [-0.2, 0) is 22.3 Å². The van der Waals surface area contributed by atoms with Crippen molar-refractivity contribution in [3.05, 3.63) is 48.2 Å². The molecule has 1 heterocycles. The third-order valence-corrected chi connectivity index (χ3v) is 5.75. The van der Waals surface area contributed by atoms with Crippen molar-refractivity contribution in [3.8, 4) is 0 Å². The number of ether oxygens (including phenoxy) is 1. The van der Waals surface area contributed by atoms with Gasteiger partial charge < -0.3 is 9.84 Å². The number of nitrogens with zero attached hydrogens (tertiary/aromatic N) is 1. The highest BCUT2D eigenvalue weighted by Gasteiger charge is 2.36. The van der Waals surface area contributed by atoms with Crippen LogP contribution >= 0.6 is 0 Å². The zero-order valence-corrected chi connectivity index (χ0v) is 15.0. The van der Waals surface area contributed by atoms with Crippen LogP contribution in [0.2, 0.25) is 0 Å². The summed E-state index contributed by atoms with van der Waals surface area (Å²) >= 11 is 0. The first kappa shape index (κ1) is 18.2. The van der Waals surface area contributed by atoms with Crippen molar-refractivity contribution in [3.63, 3.8) is 0 Å². The average molecular weight is 337 g/mol. The molecule has 0 amide bonds. The fraction of sp³-hybridized carbons (Fsp3) is 0.556. The fourth-order valence-corrected chi connectivity index (χ4v) is 4.06. The monoisotopic (exact) mass is 337 g/mol. The average Bonchev–Trinajstić information content (AvgIpc) is 2.55. The van der Waals surface area contributed by atoms with Crippen LogP contribution in [0.5, 0.6) is 0 Å². The summed E-state index contributed by atoms with van der Waals surface area (Å²) in [5.74, 6) is 0. The molecule has 0 saturated carbocycles. The van der Waals surface area contributed by atoms with Crippen LogP contribution < -0.4 is 0 Å². The van der Waals surface area contributed by atoms with Crippen LogP contribution in [0.15, 0.2) is 42.7 Å². The molecule has 0 radical (unpaired) electrons. The second-order valence-electron chi connectivity index (χ2n) is 6.80. The summed E-state index contributed by atoms with van der Waals surface area (Å²) in [6.45, 7) is 6.32. The Morgan fingerprint density at radius 3 is 2.57 bits per heavy atom. The molecule has 0 aliphatic carbocycles. The minimum atomic E-state index is -1.24. The summed E-state index contributed by atoms with van der Waals surface area (Å²) in [7, 11) is -1.24. The minimum absolute atomic E-state index is 0.0762. The van der Waals surface area contributed by atoms with Gasteiger partial charge in [0.05, 0.1) is 23.7 Å². The Balaban J connectivity index is 2.27. The van der Waals surface area contributed by atoms with E-state index in [9.17, 15) is 9.32 Å². The molecule has 1 aromatic rings. The first-order chi connectivity index (χ1) is 10.9. The van der Waals surface area contributed by atoms with E-state index in [0.717, 1.165) is 18.4 Å². The summed E-state index contributed by atoms with van der Waals surface area (Å²) in [4.78, 5) is 0. The Hall–Kier alpha value is -1.17. The topological polar surface area (TPSA) is 49.8 Å². The lowest BCUT2D eigenvalue weighted by Crippen LogP contribution is -2.51. The number of aliphatic hydroxyl groups is 1. The number of benzene rings is 1. The number of allylic oxidation sites excluding steroid dienone is 1. The molecule has 1 aliphatic rings. The minimum Gasteiger partial charge on any atom is -0.497 e. The second-order valence-corrected chi connectivity index (χ2v) is 8.99. The molecule has 0 spiro atoms. The van der Waals surface area contributed by atoms with Gasteiger partial charge in [0.15, 0.2) is 0 Å². The van der Waals surface area contributed by atoms with Crippen LogP contribution in [0, 0.1) is 0 Å². The van der Waals surface area contributed by atoms with Crippen molar-refractivity contribution >= 4 is 11.0 Å². The Kier molecular flexibility index (Phi) is 6.39. The summed E-state index contributed by atoms with van der Waals surface area (Å²) in [6, 6.07) is 9.65. The molecule has 1 aromatic carbocycles. The molecule has 2 rings (SSSR count). The van der Waals surface area contributed by atoms with Gasteiger partial charge in [-0.3, -0.25) is 0 Å². The van der Waals surface area contributed by atoms with Crippen LogP contribution in [0.1, 0.15) is 39.2 Å². The van der Waals surface area contributed by atoms with Gasteiger partial charge in [-0.05, 0) is 45.3 Å². The van der Waals surface area contributed by atoms with Gasteiger partial charge in [0.1, 0.15) is 17.1 Å². The van der Waals surface area contributed by atoms with E-state index in [0.29, 0.717) is 6.54 Å². The zero-order chi connectivity index (χ0) is 16.9. The van der Waals surface area contributed by atoms with Crippen LogP contribution in [0.25, 0.3) is 0 Å². The molecule has 0 aromatic heterocycles. The lowest BCUT2D eigenvalue weighted by atomic mass is 10.0. The van der Waals surface area contributed by atoms with Crippen LogP contribution in [0.4, 0.5) is 0 Å². The van der Waals surface area contributed by atoms with Crippen molar-refractivity contribution < 1.29 is 14.1 Å². The maximum absolute atomic E-state index is 13.1. The van der Waals surface area contributed by atoms with E-state index < -0.39 is 15.7 Å². The molecule has 1 aliphatic heterocycles. The third kappa shape index (κ3) is 4.90. The van der Waals surface area contributed by atoms with Gasteiger partial charge in [0.25, 0.3) is 0 Å². The second kappa shape index (κ2) is 8.08. The Labute approximate surface area is 141 Å². The maximum Gasteiger partial charge on any atom is 0.117 e. The Morgan fingerprint density at radius 2 is 2.04 bits per heavy atom. The summed E-state index contributed by atoms with van der Waals surface area (Å²) in [6.07, 6.45) is 5.28. The van der Waals surface area contributed by atoms with E-state index in [1.54, 1.807) is 6.26 Å². The van der Waals surface area contributed by atoms with Crippen molar-refractivity contribution in [2.24, 2.45) is 0 Å². The molecule has 1 N–H and O–H groups in total. The molecule has 0 saturated heterocycles. The van der Waals surface area contributed by atoms with E-state index in [1.165, 1.54) is 0 Å². The van der Waals surface area contributed by atoms with Gasteiger partial charge in [-0.1, -0.05) is 30.3 Å². The lowest BCUT2D eigenvalue weighted by Gasteiger charge is -2.38. The molecule has 4 nitrogen and oxygen atoms in total. The number of hydrogen-bond acceptors (Lipinski definition) is 3. The predicted molar refractivity (Wildman–Crippen MR) is 94.0 cm³/mol. The molecular weight excluding hydrogens is 310 g/mol. The van der Waals surface area contributed by atoms with Crippen molar-refractivity contribution in [2.75, 3.05) is 6.61 Å². The van der Waals surface area contributed by atoms with Crippen LogP contribution in [-0.4, -0.2) is 37.1 Å². The standard InChI is InChI=1S/C18H27NO3S/c1-18(2,3)23(21)19(13-15-9-5-4-6-10-15)16(14-20)17-11-7-8-12-22-17/h4-6,8-10,12,16-17,20H,7,11,13-14H2,1-3H3/t16-,17-,23-/m0/s1. The van der Waals surface area contributed by atoms with Crippen molar-refractivity contribution in [1.29, 1.82) is 0 Å². The Bertz CT molecular complexity index is 539. The summed E-state index contributed by atoms with van der Waals surface area (Å²) in [5.41, 5.74) is 1.08. The van der Waals surface area contributed by atoms with Crippen molar-refractivity contribution in [1.82, 2.24) is 4.31 Å². The highest BCUT2D eigenvalue weighted by Crippen LogP contribution is 2.26. The van der Waals surface area contributed by atoms with Gasteiger partial charge in [-0.25, -0.2) is 8.51 Å². The first-order valence-corrected chi connectivity index (χ1v) is 9.18. The highest BCUT2D eigenvalue weighted by atomic mass is 32.2. The van der Waals surface area contributed by atoms with Crippen molar-refractivity contribution in [2.45, 2.75) is 57.1 Å². The summed E-state index contributed by atoms with van der Waals surface area (Å²) in [5, 5.41) is 9.96. The Morgan fingerprint density at radius 1 is 1.35 bits per heavy atom. The lowest BCUT2D eigenvalue weighted by molar-refractivity contribution is 0.0278. The van der Waals surface area contributed by atoms with Gasteiger partial charge >= 0.3 is 0 Å². The maximum atomic E-state index is 13.1. The molecule has 23 heavy (non-hydrogen) atoms. The molecule has 0 unspecified atom stereocenters. The number of rotatable bonds is 6. The zero-order valence-electron chi connectivity index (χ0n) is 14.1. The number of aliphatic hydroxyl groups excluding tert-OH is 1. The molecular formula is C18H27NO3S. The van der Waals surface area contributed by atoms with Gasteiger partial charge in [-0.15, -0.1) is 0 Å².